The molecule has 0 radical (unpaired) electrons. The molecule has 2 amide bonds. The number of ether oxygens (including phenoxy) is 4. The molecule has 2 fully saturated rings. The van der Waals surface area contributed by atoms with E-state index in [9.17, 15) is 14.7 Å². The number of nitrogens with zero attached hydrogens (tertiary/aromatic N) is 1. The molecule has 2 aliphatic rings. The van der Waals surface area contributed by atoms with Gasteiger partial charge < -0.3 is 34.7 Å². The van der Waals surface area contributed by atoms with Crippen molar-refractivity contribution in [1.29, 1.82) is 0 Å². The molecule has 2 saturated heterocycles. The predicted octanol–water partition coefficient (Wildman–Crippen LogP) is 6.33. The number of carbonyl (C=O) groups is 2. The van der Waals surface area contributed by atoms with Gasteiger partial charge in [0.05, 0.1) is 32.5 Å². The molecule has 0 aromatic heterocycles. The van der Waals surface area contributed by atoms with Gasteiger partial charge in [0.25, 0.3) is 0 Å². The molecule has 0 unspecified atom stereocenters. The first-order valence-corrected chi connectivity index (χ1v) is 18.4. The van der Waals surface area contributed by atoms with Crippen molar-refractivity contribution in [2.75, 3.05) is 33.9 Å². The molecular weight excluding hydrogens is 670 g/mol. The predicted molar refractivity (Wildman–Crippen MR) is 203 cm³/mol. The Balaban J connectivity index is 1.16. The SMILES string of the molecule is COC[C@@H]1CCCN1C[C@H]1O[C@@H](c2ccc(-c3ccccc3CNC(=O)N[C@@H](Cc3ccccc3)C(=O)OC)cc2)O[C@@H](c2ccc(CO)cc2)[C@H]1C. The Bertz CT molecular complexity index is 1770. The number of amides is 2. The standard InChI is InChI=1S/C43H51N3O7/c1-29-39(26-46-23-9-13-36(46)28-50-2)52-42(53-40(29)33-17-15-31(27-47)16-18-33)34-21-19-32(20-22-34)37-14-8-7-12-35(37)25-44-43(49)45-38(41(48)51-3)24-30-10-5-4-6-11-30/h4-8,10-12,14-22,29,36,38-40,42,47H,9,13,23-28H2,1-3H3,(H2,44,45,49)/t29-,36-,38-,39+,40+,42+/m0/s1. The quantitative estimate of drug-likeness (QED) is 0.129. The van der Waals surface area contributed by atoms with Crippen molar-refractivity contribution >= 4 is 12.0 Å². The van der Waals surface area contributed by atoms with E-state index in [0.717, 1.165) is 64.9 Å². The number of hydrogen-bond donors (Lipinski definition) is 3. The fraction of sp³-hybridized carbons (Fsp3) is 0.395. The monoisotopic (exact) mass is 721 g/mol. The van der Waals surface area contributed by atoms with Gasteiger partial charge in [-0.3, -0.25) is 4.90 Å². The number of urea groups is 1. The number of esters is 1. The molecule has 6 atom stereocenters. The number of carbonyl (C=O) groups excluding carboxylic acids is 2. The third-order valence-electron chi connectivity index (χ3n) is 10.4. The Morgan fingerprint density at radius 1 is 0.887 bits per heavy atom. The first kappa shape index (κ1) is 38.2. The van der Waals surface area contributed by atoms with E-state index in [1.807, 2.05) is 91.0 Å². The van der Waals surface area contributed by atoms with Gasteiger partial charge in [-0.2, -0.15) is 0 Å². The number of aliphatic hydroxyl groups is 1. The zero-order chi connectivity index (χ0) is 37.2. The van der Waals surface area contributed by atoms with Crippen LogP contribution in [0.4, 0.5) is 4.79 Å². The van der Waals surface area contributed by atoms with Gasteiger partial charge in [-0.25, -0.2) is 9.59 Å². The fourth-order valence-corrected chi connectivity index (χ4v) is 7.42. The lowest BCUT2D eigenvalue weighted by Gasteiger charge is -2.43. The van der Waals surface area contributed by atoms with Gasteiger partial charge >= 0.3 is 12.0 Å². The highest BCUT2D eigenvalue weighted by atomic mass is 16.7. The number of benzene rings is 4. The van der Waals surface area contributed by atoms with Crippen molar-refractivity contribution in [2.24, 2.45) is 5.92 Å². The van der Waals surface area contributed by atoms with Crippen LogP contribution in [0.5, 0.6) is 0 Å². The summed E-state index contributed by atoms with van der Waals surface area (Å²) in [6.45, 7) is 4.97. The summed E-state index contributed by atoms with van der Waals surface area (Å²) in [5, 5.41) is 15.3. The van der Waals surface area contributed by atoms with Gasteiger partial charge in [-0.15, -0.1) is 0 Å². The molecule has 0 bridgehead atoms. The molecule has 53 heavy (non-hydrogen) atoms. The molecule has 4 aromatic rings. The summed E-state index contributed by atoms with van der Waals surface area (Å²) in [6.07, 6.45) is 1.74. The van der Waals surface area contributed by atoms with Crippen LogP contribution in [0.25, 0.3) is 11.1 Å². The van der Waals surface area contributed by atoms with E-state index < -0.39 is 24.3 Å². The van der Waals surface area contributed by atoms with Crippen LogP contribution in [-0.4, -0.2) is 74.1 Å². The summed E-state index contributed by atoms with van der Waals surface area (Å²) in [5.74, 6) is -0.416. The van der Waals surface area contributed by atoms with Crippen molar-refractivity contribution in [3.05, 3.63) is 131 Å². The minimum atomic E-state index is -0.821. The summed E-state index contributed by atoms with van der Waals surface area (Å²) in [7, 11) is 3.08. The van der Waals surface area contributed by atoms with E-state index in [2.05, 4.69) is 34.6 Å². The van der Waals surface area contributed by atoms with Gasteiger partial charge in [0.2, 0.25) is 0 Å². The molecule has 2 heterocycles. The lowest BCUT2D eigenvalue weighted by molar-refractivity contribution is -0.276. The molecular formula is C43H51N3O7. The maximum absolute atomic E-state index is 13.0. The molecule has 0 saturated carbocycles. The minimum Gasteiger partial charge on any atom is -0.467 e. The smallest absolute Gasteiger partial charge is 0.328 e. The number of hydrogen-bond acceptors (Lipinski definition) is 8. The largest absolute Gasteiger partial charge is 0.467 e. The Labute approximate surface area is 312 Å². The van der Waals surface area contributed by atoms with E-state index in [4.69, 9.17) is 18.9 Å². The van der Waals surface area contributed by atoms with Crippen LogP contribution in [-0.2, 0) is 43.3 Å². The summed E-state index contributed by atoms with van der Waals surface area (Å²) in [6, 6.07) is 32.7. The fourth-order valence-electron chi connectivity index (χ4n) is 7.42. The second-order valence-corrected chi connectivity index (χ2v) is 13.9. The summed E-state index contributed by atoms with van der Waals surface area (Å²) in [4.78, 5) is 28.0. The lowest BCUT2D eigenvalue weighted by atomic mass is 9.89. The Kier molecular flexibility index (Phi) is 13.3. The number of nitrogens with one attached hydrogen (secondary N) is 2. The van der Waals surface area contributed by atoms with E-state index >= 15 is 0 Å². The molecule has 3 N–H and O–H groups in total. The second-order valence-electron chi connectivity index (χ2n) is 13.9. The molecule has 280 valence electrons. The maximum atomic E-state index is 13.0. The number of aliphatic hydroxyl groups excluding tert-OH is 1. The second kappa shape index (κ2) is 18.4. The molecule has 4 aromatic carbocycles. The molecule has 10 heteroatoms. The Morgan fingerprint density at radius 2 is 1.60 bits per heavy atom. The normalized spacial score (nSPS) is 22.2. The molecule has 6 rings (SSSR count). The van der Waals surface area contributed by atoms with Crippen molar-refractivity contribution in [2.45, 2.75) is 69.9 Å². The zero-order valence-corrected chi connectivity index (χ0v) is 30.8. The highest BCUT2D eigenvalue weighted by Crippen LogP contribution is 2.42. The Hall–Kier alpha value is -4.58. The number of rotatable bonds is 14. The lowest BCUT2D eigenvalue weighted by Crippen LogP contribution is -2.47. The van der Waals surface area contributed by atoms with Crippen LogP contribution in [0.15, 0.2) is 103 Å². The van der Waals surface area contributed by atoms with Gasteiger partial charge in [0, 0.05) is 44.1 Å². The first-order valence-electron chi connectivity index (χ1n) is 18.4. The van der Waals surface area contributed by atoms with Gasteiger partial charge in [-0.1, -0.05) is 110 Å². The zero-order valence-electron chi connectivity index (χ0n) is 30.8. The van der Waals surface area contributed by atoms with E-state index in [1.165, 1.54) is 7.11 Å². The highest BCUT2D eigenvalue weighted by molar-refractivity contribution is 5.84. The van der Waals surface area contributed by atoms with E-state index in [-0.39, 0.29) is 31.3 Å². The van der Waals surface area contributed by atoms with Crippen LogP contribution in [0.3, 0.4) is 0 Å². The van der Waals surface area contributed by atoms with Crippen LogP contribution in [0, 0.1) is 5.92 Å². The van der Waals surface area contributed by atoms with E-state index in [0.29, 0.717) is 19.1 Å². The Morgan fingerprint density at radius 3 is 2.32 bits per heavy atom. The number of likely N-dealkylation sites (tertiary alicyclic amines) is 1. The first-order chi connectivity index (χ1) is 25.9. The van der Waals surface area contributed by atoms with Crippen LogP contribution in [0.2, 0.25) is 0 Å². The molecule has 10 nitrogen and oxygen atoms in total. The average Bonchev–Trinajstić information content (AvgIpc) is 3.64. The van der Waals surface area contributed by atoms with Crippen molar-refractivity contribution in [1.82, 2.24) is 15.5 Å². The topological polar surface area (TPSA) is 119 Å². The van der Waals surface area contributed by atoms with Crippen molar-refractivity contribution in [3.63, 3.8) is 0 Å². The van der Waals surface area contributed by atoms with Crippen molar-refractivity contribution in [3.8, 4) is 11.1 Å². The van der Waals surface area contributed by atoms with Gasteiger partial charge in [-0.05, 0) is 52.8 Å². The summed E-state index contributed by atoms with van der Waals surface area (Å²) >= 11 is 0. The summed E-state index contributed by atoms with van der Waals surface area (Å²) < 4.78 is 24.0. The minimum absolute atomic E-state index is 0.00504. The molecule has 0 spiro atoms. The van der Waals surface area contributed by atoms with Crippen LogP contribution >= 0.6 is 0 Å². The summed E-state index contributed by atoms with van der Waals surface area (Å²) in [5.41, 5.74) is 6.64. The molecule has 2 aliphatic heterocycles. The van der Waals surface area contributed by atoms with E-state index in [1.54, 1.807) is 7.11 Å². The highest BCUT2D eigenvalue weighted by Gasteiger charge is 2.40. The van der Waals surface area contributed by atoms with Crippen LogP contribution < -0.4 is 10.6 Å². The maximum Gasteiger partial charge on any atom is 0.328 e. The average molecular weight is 722 g/mol. The van der Waals surface area contributed by atoms with Gasteiger partial charge in [0.1, 0.15) is 6.04 Å². The third kappa shape index (κ3) is 9.70. The number of methoxy groups -OCH3 is 2. The third-order valence-corrected chi connectivity index (χ3v) is 10.4. The van der Waals surface area contributed by atoms with Gasteiger partial charge in [0.15, 0.2) is 6.29 Å². The molecule has 0 aliphatic carbocycles. The van der Waals surface area contributed by atoms with Crippen molar-refractivity contribution < 1.29 is 33.6 Å². The van der Waals surface area contributed by atoms with Crippen LogP contribution in [0.1, 0.15) is 60.0 Å².